The maximum Gasteiger partial charge on any atom is 0.427 e. The molecule has 4 nitrogen and oxygen atoms in total. The molecule has 0 bridgehead atoms. The van der Waals surface area contributed by atoms with Crippen molar-refractivity contribution in [2.45, 2.75) is 12.6 Å². The Balaban J connectivity index is 1.55. The van der Waals surface area contributed by atoms with Gasteiger partial charge in [-0.2, -0.15) is 18.3 Å². The number of aromatic nitrogens is 3. The first-order chi connectivity index (χ1) is 11.0. The number of alkyl halides is 3. The molecule has 23 heavy (non-hydrogen) atoms. The van der Waals surface area contributed by atoms with E-state index in [0.717, 1.165) is 17.4 Å². The summed E-state index contributed by atoms with van der Waals surface area (Å²) in [5.41, 5.74) is 1.95. The molecule has 0 amide bonds. The molecule has 0 unspecified atom stereocenters. The zero-order chi connectivity index (χ0) is 16.3. The first-order valence-electron chi connectivity index (χ1n) is 6.88. The molecule has 0 saturated heterocycles. The highest BCUT2D eigenvalue weighted by Gasteiger charge is 2.33. The maximum absolute atomic E-state index is 12.5. The van der Waals surface area contributed by atoms with Crippen LogP contribution in [-0.4, -0.2) is 21.3 Å². The molecule has 0 saturated carbocycles. The fraction of sp³-hybridized carbons (Fsp3) is 0.200. The second kappa shape index (κ2) is 6.41. The topological polar surface area (TPSA) is 42.7 Å². The Morgan fingerprint density at radius 1 is 1.13 bits per heavy atom. The summed E-state index contributed by atoms with van der Waals surface area (Å²) in [6.45, 7) is 0.491. The molecular formula is C15H13F3N4S. The molecule has 2 aromatic heterocycles. The number of para-hydroxylation sites is 1. The van der Waals surface area contributed by atoms with Crippen molar-refractivity contribution in [1.29, 1.82) is 0 Å². The highest BCUT2D eigenvalue weighted by molar-refractivity contribution is 7.15. The maximum atomic E-state index is 12.5. The average molecular weight is 338 g/mol. The Labute approximate surface area is 134 Å². The van der Waals surface area contributed by atoms with E-state index >= 15 is 0 Å². The van der Waals surface area contributed by atoms with E-state index in [0.29, 0.717) is 24.3 Å². The van der Waals surface area contributed by atoms with Gasteiger partial charge < -0.3 is 5.32 Å². The summed E-state index contributed by atoms with van der Waals surface area (Å²) in [6, 6.07) is 9.69. The van der Waals surface area contributed by atoms with Crippen LogP contribution in [-0.2, 0) is 12.6 Å². The Kier molecular flexibility index (Phi) is 4.33. The van der Waals surface area contributed by atoms with Gasteiger partial charge in [0.1, 0.15) is 4.88 Å². The Morgan fingerprint density at radius 3 is 2.61 bits per heavy atom. The number of hydrogen-bond donors (Lipinski definition) is 1. The molecule has 3 aromatic rings. The van der Waals surface area contributed by atoms with Crippen LogP contribution in [0.3, 0.4) is 0 Å². The van der Waals surface area contributed by atoms with Gasteiger partial charge in [0.15, 0.2) is 5.13 Å². The zero-order valence-corrected chi connectivity index (χ0v) is 12.7. The minimum absolute atomic E-state index is 0.271. The number of anilines is 1. The summed E-state index contributed by atoms with van der Waals surface area (Å²) in [5.74, 6) is 0. The third-order valence-corrected chi connectivity index (χ3v) is 4.13. The molecule has 1 aromatic carbocycles. The van der Waals surface area contributed by atoms with Crippen molar-refractivity contribution in [3.8, 4) is 5.69 Å². The van der Waals surface area contributed by atoms with Crippen LogP contribution in [0.4, 0.5) is 18.3 Å². The molecule has 0 aliphatic carbocycles. The lowest BCUT2D eigenvalue weighted by Gasteiger charge is -2.02. The van der Waals surface area contributed by atoms with E-state index in [2.05, 4.69) is 15.4 Å². The number of halogens is 3. The molecule has 120 valence electrons. The predicted octanol–water partition coefficient (Wildman–Crippen LogP) is 4.00. The Hall–Kier alpha value is -2.35. The van der Waals surface area contributed by atoms with Gasteiger partial charge in [0.25, 0.3) is 0 Å². The van der Waals surface area contributed by atoms with Crippen molar-refractivity contribution in [2.24, 2.45) is 0 Å². The first kappa shape index (κ1) is 15.5. The van der Waals surface area contributed by atoms with Crippen molar-refractivity contribution in [2.75, 3.05) is 11.9 Å². The second-order valence-electron chi connectivity index (χ2n) is 4.83. The largest absolute Gasteiger partial charge is 0.427 e. The number of rotatable bonds is 5. The van der Waals surface area contributed by atoms with Gasteiger partial charge in [-0.25, -0.2) is 9.67 Å². The molecule has 3 rings (SSSR count). The average Bonchev–Trinajstić information content (AvgIpc) is 3.17. The van der Waals surface area contributed by atoms with Crippen molar-refractivity contribution in [3.05, 3.63) is 59.4 Å². The van der Waals surface area contributed by atoms with E-state index in [1.54, 1.807) is 10.9 Å². The fourth-order valence-corrected chi connectivity index (χ4v) is 2.72. The van der Waals surface area contributed by atoms with E-state index in [1.165, 1.54) is 0 Å². The van der Waals surface area contributed by atoms with Crippen LogP contribution >= 0.6 is 11.3 Å². The molecule has 8 heteroatoms. The highest BCUT2D eigenvalue weighted by atomic mass is 32.1. The van der Waals surface area contributed by atoms with E-state index in [9.17, 15) is 13.2 Å². The van der Waals surface area contributed by atoms with E-state index < -0.39 is 11.1 Å². The minimum atomic E-state index is -4.34. The smallest absolute Gasteiger partial charge is 0.361 e. The number of nitrogens with zero attached hydrogens (tertiary/aromatic N) is 3. The predicted molar refractivity (Wildman–Crippen MR) is 82.9 cm³/mol. The number of thiazole rings is 1. The molecule has 1 N–H and O–H groups in total. The summed E-state index contributed by atoms with van der Waals surface area (Å²) in [4.78, 5) is 3.04. The first-order valence-corrected chi connectivity index (χ1v) is 7.70. The molecular weight excluding hydrogens is 325 g/mol. The van der Waals surface area contributed by atoms with Crippen molar-refractivity contribution >= 4 is 16.5 Å². The highest BCUT2D eigenvalue weighted by Crippen LogP contribution is 2.34. The van der Waals surface area contributed by atoms with E-state index in [-0.39, 0.29) is 5.13 Å². The summed E-state index contributed by atoms with van der Waals surface area (Å²) < 4.78 is 39.2. The van der Waals surface area contributed by atoms with Gasteiger partial charge in [0.2, 0.25) is 0 Å². The summed E-state index contributed by atoms with van der Waals surface area (Å²) in [5, 5.41) is 7.45. The van der Waals surface area contributed by atoms with Crippen molar-refractivity contribution < 1.29 is 13.2 Å². The third kappa shape index (κ3) is 3.89. The SMILES string of the molecule is FC(F)(F)c1cnc(NCCc2cnn(-c3ccccc3)c2)s1. The van der Waals surface area contributed by atoms with Gasteiger partial charge in [0, 0.05) is 12.7 Å². The van der Waals surface area contributed by atoms with Crippen LogP contribution in [0, 0.1) is 0 Å². The summed E-state index contributed by atoms with van der Waals surface area (Å²) in [7, 11) is 0. The quantitative estimate of drug-likeness (QED) is 0.764. The Morgan fingerprint density at radius 2 is 1.91 bits per heavy atom. The Bertz CT molecular complexity index is 764. The zero-order valence-electron chi connectivity index (χ0n) is 11.9. The van der Waals surface area contributed by atoms with Crippen molar-refractivity contribution in [3.63, 3.8) is 0 Å². The number of nitrogens with one attached hydrogen (secondary N) is 1. The van der Waals surface area contributed by atoms with Gasteiger partial charge in [-0.05, 0) is 24.1 Å². The van der Waals surface area contributed by atoms with Crippen LogP contribution < -0.4 is 5.32 Å². The lowest BCUT2D eigenvalue weighted by molar-refractivity contribution is -0.134. The third-order valence-electron chi connectivity index (χ3n) is 3.13. The lowest BCUT2D eigenvalue weighted by atomic mass is 10.2. The van der Waals surface area contributed by atoms with Gasteiger partial charge in [-0.15, -0.1) is 0 Å². The van der Waals surface area contributed by atoms with Gasteiger partial charge in [-0.1, -0.05) is 29.5 Å². The van der Waals surface area contributed by atoms with Crippen LogP contribution in [0.25, 0.3) is 5.69 Å². The van der Waals surface area contributed by atoms with Crippen LogP contribution in [0.1, 0.15) is 10.4 Å². The standard InChI is InChI=1S/C15H13F3N4S/c16-15(17,18)13-9-20-14(23-13)19-7-6-11-8-21-22(10-11)12-4-2-1-3-5-12/h1-5,8-10H,6-7H2,(H,19,20). The number of hydrogen-bond acceptors (Lipinski definition) is 4. The van der Waals surface area contributed by atoms with Crippen molar-refractivity contribution in [1.82, 2.24) is 14.8 Å². The summed E-state index contributed by atoms with van der Waals surface area (Å²) in [6.07, 6.45) is 0.806. The summed E-state index contributed by atoms with van der Waals surface area (Å²) >= 11 is 0.609. The monoisotopic (exact) mass is 338 g/mol. The normalized spacial score (nSPS) is 11.6. The molecule has 2 heterocycles. The molecule has 0 radical (unpaired) electrons. The van der Waals surface area contributed by atoms with E-state index in [4.69, 9.17) is 0 Å². The fourth-order valence-electron chi connectivity index (χ4n) is 2.01. The van der Waals surface area contributed by atoms with E-state index in [1.807, 2.05) is 36.5 Å². The van der Waals surface area contributed by atoms with Gasteiger partial charge >= 0.3 is 6.18 Å². The molecule has 0 fully saturated rings. The molecule has 0 aliphatic rings. The van der Waals surface area contributed by atoms with Gasteiger partial charge in [-0.3, -0.25) is 0 Å². The second-order valence-corrected chi connectivity index (χ2v) is 5.86. The van der Waals surface area contributed by atoms with Crippen LogP contribution in [0.5, 0.6) is 0 Å². The lowest BCUT2D eigenvalue weighted by Crippen LogP contribution is -2.04. The van der Waals surface area contributed by atoms with Crippen LogP contribution in [0.2, 0.25) is 0 Å². The minimum Gasteiger partial charge on any atom is -0.361 e. The van der Waals surface area contributed by atoms with Crippen LogP contribution in [0.15, 0.2) is 48.9 Å². The van der Waals surface area contributed by atoms with Gasteiger partial charge in [0.05, 0.1) is 18.1 Å². The number of benzene rings is 1. The molecule has 0 aliphatic heterocycles. The molecule has 0 atom stereocenters. The molecule has 0 spiro atoms.